The molecule has 3 saturated carbocycles. The van der Waals surface area contributed by atoms with Crippen molar-refractivity contribution in [3.05, 3.63) is 0 Å². The van der Waals surface area contributed by atoms with Gasteiger partial charge in [-0.1, -0.05) is 89.0 Å². The number of amides is 4. The fourth-order valence-electron chi connectivity index (χ4n) is 11.6. The topological polar surface area (TPSA) is 309 Å². The van der Waals surface area contributed by atoms with Crippen molar-refractivity contribution in [1.82, 2.24) is 16.0 Å². The normalized spacial score (nSPS) is 29.5. The molecule has 22 heteroatoms. The highest BCUT2D eigenvalue weighted by molar-refractivity contribution is 7.92. The van der Waals surface area contributed by atoms with Gasteiger partial charge in [0.05, 0.1) is 63.1 Å². The zero-order chi connectivity index (χ0) is 53.8. The number of isocyanates is 2. The molecule has 3 heterocycles. The number of primary amides is 1. The standard InChI is InChI=1S/C31H50N4O7S.2C9H15NO3S/c1-15(2)23(20-9-8-12-43(20,41)42)34-29(40)35-26(30(3,4)5)24(36)17-14-18-22(31(18,6)7)21(17)28(39)33-19(13-16-10-11-16)25(37)27(32)38;2*1-7(2)9(10-6-11)8-4-3-5-14(8,12)13/h15-23,26H,8-14H2,1-7H3,(H2,32,38)(H,33,39)(H2,34,35,40);2*7-9H,3-5H2,1-2H3/t17?,18-,19?,20?,21-,22-,23?,26+;8-,9+;8-,9-/m000/s1. The predicted octanol–water partition coefficient (Wildman–Crippen LogP) is 3.97. The molecule has 19 nitrogen and oxygen atoms in total. The molecule has 0 aromatic heterocycles. The van der Waals surface area contributed by atoms with Crippen LogP contribution in [0.25, 0.3) is 0 Å². The molecule has 6 fully saturated rings. The van der Waals surface area contributed by atoms with E-state index in [9.17, 15) is 58.8 Å². The second kappa shape index (κ2) is 23.6. The van der Waals surface area contributed by atoms with Crippen LogP contribution >= 0.6 is 0 Å². The van der Waals surface area contributed by atoms with Crippen LogP contribution in [0.15, 0.2) is 9.98 Å². The molecule has 6 rings (SSSR count). The van der Waals surface area contributed by atoms with Crippen molar-refractivity contribution in [3.63, 3.8) is 0 Å². The summed E-state index contributed by atoms with van der Waals surface area (Å²) in [5.41, 5.74) is 4.42. The van der Waals surface area contributed by atoms with Crippen molar-refractivity contribution in [1.29, 1.82) is 0 Å². The third-order valence-electron chi connectivity index (χ3n) is 15.8. The Morgan fingerprint density at radius 1 is 0.676 bits per heavy atom. The number of carbonyl (C=O) groups excluding carboxylic acids is 7. The van der Waals surface area contributed by atoms with Gasteiger partial charge < -0.3 is 21.7 Å². The van der Waals surface area contributed by atoms with Crippen LogP contribution in [0.1, 0.15) is 140 Å². The van der Waals surface area contributed by atoms with Crippen LogP contribution in [-0.2, 0) is 58.3 Å². The van der Waals surface area contributed by atoms with Gasteiger partial charge in [0.2, 0.25) is 23.9 Å². The van der Waals surface area contributed by atoms with E-state index < -0.39 is 116 Å². The minimum atomic E-state index is -3.32. The van der Waals surface area contributed by atoms with Crippen LogP contribution in [0.2, 0.25) is 0 Å². The summed E-state index contributed by atoms with van der Waals surface area (Å²) in [6.07, 6.45) is 9.26. The Balaban J connectivity index is 0.000000316. The second-order valence-electron chi connectivity index (χ2n) is 23.4. The van der Waals surface area contributed by atoms with Gasteiger partial charge in [-0.2, -0.15) is 0 Å². The number of fused-ring (bicyclic) bond motifs is 1. The van der Waals surface area contributed by atoms with Crippen molar-refractivity contribution >= 4 is 71.1 Å². The number of ketones is 2. The van der Waals surface area contributed by atoms with E-state index in [1.165, 1.54) is 12.2 Å². The Bertz CT molecular complexity index is 2350. The Labute approximate surface area is 421 Å². The Morgan fingerprint density at radius 2 is 1.13 bits per heavy atom. The van der Waals surface area contributed by atoms with E-state index in [2.05, 4.69) is 39.8 Å². The number of urea groups is 1. The van der Waals surface area contributed by atoms with E-state index in [1.807, 2.05) is 62.3 Å². The number of hydrogen-bond donors (Lipinski definition) is 4. The summed E-state index contributed by atoms with van der Waals surface area (Å²) in [7, 11) is -9.38. The van der Waals surface area contributed by atoms with Gasteiger partial charge in [-0.3, -0.25) is 19.2 Å². The summed E-state index contributed by atoms with van der Waals surface area (Å²) >= 11 is 0. The quantitative estimate of drug-likeness (QED) is 0.0859. The van der Waals surface area contributed by atoms with E-state index in [0.29, 0.717) is 51.4 Å². The maximum absolute atomic E-state index is 14.3. The molecule has 3 aliphatic heterocycles. The van der Waals surface area contributed by atoms with Crippen LogP contribution in [-0.4, -0.2) is 130 Å². The van der Waals surface area contributed by atoms with Crippen LogP contribution in [0.5, 0.6) is 0 Å². The average Bonchev–Trinajstić information content (AvgIpc) is 3.83. The summed E-state index contributed by atoms with van der Waals surface area (Å²) in [6, 6.07) is -4.02. The minimum absolute atomic E-state index is 0.0642. The highest BCUT2D eigenvalue weighted by Gasteiger charge is 2.70. The molecule has 5 N–H and O–H groups in total. The molecule has 4 unspecified atom stereocenters. The van der Waals surface area contributed by atoms with E-state index in [0.717, 1.165) is 12.8 Å². The first kappa shape index (κ1) is 59.7. The number of rotatable bonds is 18. The molecule has 12 atom stereocenters. The number of carbonyl (C=O) groups is 5. The first-order valence-corrected chi connectivity index (χ1v) is 30.4. The van der Waals surface area contributed by atoms with E-state index >= 15 is 0 Å². The number of sulfone groups is 3. The maximum atomic E-state index is 14.3. The SMILES string of the molecule is CC(C)C(NC(=O)N[C@H](C(=O)C1C[C@H]2[C@@H]([C@H]1C(=O)NC(CC1CC1)C(=O)C(N)=O)C2(C)C)C(C)(C)C)C1CCCS1(=O)=O.CC(C)[C@@H](N=C=O)[C@@H]1CCCS1(=O)=O.CC(C)[C@H](N=C=O)[C@@H]1CCCS1(=O)=O. The molecule has 402 valence electrons. The lowest BCUT2D eigenvalue weighted by Gasteiger charge is -2.36. The number of nitrogens with two attached hydrogens (primary N) is 1. The molecular weight excluding hydrogens is 977 g/mol. The number of hydrogen-bond acceptors (Lipinski definition) is 15. The van der Waals surface area contributed by atoms with Gasteiger partial charge in [0.15, 0.2) is 35.3 Å². The summed E-state index contributed by atoms with van der Waals surface area (Å²) in [5.74, 6) is -3.15. The summed E-state index contributed by atoms with van der Waals surface area (Å²) in [4.78, 5) is 93.4. The predicted molar refractivity (Wildman–Crippen MR) is 268 cm³/mol. The van der Waals surface area contributed by atoms with Gasteiger partial charge in [0, 0.05) is 12.0 Å². The van der Waals surface area contributed by atoms with Crippen molar-refractivity contribution in [3.8, 4) is 0 Å². The first-order chi connectivity index (χ1) is 32.7. The van der Waals surface area contributed by atoms with Crippen LogP contribution < -0.4 is 21.7 Å². The Kier molecular flexibility index (Phi) is 19.8. The van der Waals surface area contributed by atoms with Crippen LogP contribution in [0.4, 0.5) is 4.79 Å². The van der Waals surface area contributed by atoms with E-state index in [4.69, 9.17) is 5.73 Å². The van der Waals surface area contributed by atoms with Gasteiger partial charge in [-0.05, 0) is 97.7 Å². The summed E-state index contributed by atoms with van der Waals surface area (Å²) in [6.45, 7) is 20.9. The molecule has 0 spiro atoms. The van der Waals surface area contributed by atoms with Gasteiger partial charge in [-0.15, -0.1) is 0 Å². The molecule has 71 heavy (non-hydrogen) atoms. The number of aliphatic imine (C=N–C) groups is 2. The highest BCUT2D eigenvalue weighted by Crippen LogP contribution is 2.71. The molecule has 0 radical (unpaired) electrons. The average molecular weight is 1060 g/mol. The zero-order valence-electron chi connectivity index (χ0n) is 43.4. The monoisotopic (exact) mass is 1060 g/mol. The van der Waals surface area contributed by atoms with E-state index in [1.54, 1.807) is 0 Å². The van der Waals surface area contributed by atoms with E-state index in [-0.39, 0.29) is 64.0 Å². The van der Waals surface area contributed by atoms with Crippen molar-refractivity contribution < 1.29 is 58.8 Å². The minimum Gasteiger partial charge on any atom is -0.363 e. The van der Waals surface area contributed by atoms with Gasteiger partial charge in [0.25, 0.3) is 5.91 Å². The number of nitrogens with zero attached hydrogens (tertiary/aromatic N) is 2. The lowest BCUT2D eigenvalue weighted by atomic mass is 9.74. The lowest BCUT2D eigenvalue weighted by molar-refractivity contribution is -0.141. The molecular formula is C49H80N6O13S3. The van der Waals surface area contributed by atoms with Gasteiger partial charge >= 0.3 is 6.03 Å². The summed E-state index contributed by atoms with van der Waals surface area (Å²) < 4.78 is 71.7. The molecule has 3 saturated heterocycles. The fourth-order valence-corrected chi connectivity index (χ4v) is 18.2. The molecule has 0 aromatic rings. The smallest absolute Gasteiger partial charge is 0.315 e. The summed E-state index contributed by atoms with van der Waals surface area (Å²) in [5, 5.41) is 6.88. The molecule has 0 bridgehead atoms. The molecule has 3 aliphatic carbocycles. The largest absolute Gasteiger partial charge is 0.363 e. The van der Waals surface area contributed by atoms with Gasteiger partial charge in [0.1, 0.15) is 0 Å². The third-order valence-corrected chi connectivity index (χ3v) is 22.7. The maximum Gasteiger partial charge on any atom is 0.315 e. The Morgan fingerprint density at radius 3 is 1.48 bits per heavy atom. The fraction of sp³-hybridized carbons (Fsp3) is 0.857. The third kappa shape index (κ3) is 14.7. The van der Waals surface area contributed by atoms with Crippen molar-refractivity contribution in [2.24, 2.45) is 73.9 Å². The highest BCUT2D eigenvalue weighted by atomic mass is 32.2. The van der Waals surface area contributed by atoms with Crippen molar-refractivity contribution in [2.75, 3.05) is 17.3 Å². The molecule has 0 aromatic carbocycles. The van der Waals surface area contributed by atoms with Crippen LogP contribution in [0, 0.1) is 58.2 Å². The Hall–Kier alpha value is -3.84. The van der Waals surface area contributed by atoms with Crippen LogP contribution in [0.3, 0.4) is 0 Å². The van der Waals surface area contributed by atoms with Crippen molar-refractivity contribution in [2.45, 2.75) is 186 Å². The lowest BCUT2D eigenvalue weighted by Crippen LogP contribution is -2.59. The molecule has 4 amide bonds. The zero-order valence-corrected chi connectivity index (χ0v) is 45.9. The number of nitrogens with one attached hydrogen (secondary N) is 3. The number of Topliss-reactive ketones (excluding diaryl/α,β-unsaturated/α-hetero) is 2. The second-order valence-corrected chi connectivity index (χ2v) is 30.5. The van der Waals surface area contributed by atoms with Gasteiger partial charge in [-0.25, -0.2) is 49.6 Å². The first-order valence-electron chi connectivity index (χ1n) is 25.3. The molecule has 6 aliphatic rings.